The molecular weight excluding hydrogens is 384 g/mol. The van der Waals surface area contributed by atoms with E-state index < -0.39 is 0 Å². The third kappa shape index (κ3) is 4.92. The molecule has 1 aliphatic rings. The number of nitrogens with two attached hydrogens (primary N) is 1. The number of amides is 1. The van der Waals surface area contributed by atoms with Gasteiger partial charge in [0.2, 0.25) is 6.79 Å². The topological polar surface area (TPSA) is 92.0 Å². The van der Waals surface area contributed by atoms with E-state index in [1.807, 2.05) is 6.92 Å². The highest BCUT2D eigenvalue weighted by Crippen LogP contribution is 2.38. The highest BCUT2D eigenvalue weighted by Gasteiger charge is 2.18. The first-order valence-corrected chi connectivity index (χ1v) is 9.02. The second kappa shape index (κ2) is 9.94. The van der Waals surface area contributed by atoms with Gasteiger partial charge in [-0.3, -0.25) is 4.79 Å². The van der Waals surface area contributed by atoms with Gasteiger partial charge in [0, 0.05) is 17.7 Å². The summed E-state index contributed by atoms with van der Waals surface area (Å²) in [6.45, 7) is 5.21. The van der Waals surface area contributed by atoms with Crippen molar-refractivity contribution in [2.45, 2.75) is 26.7 Å². The van der Waals surface area contributed by atoms with Gasteiger partial charge in [0.25, 0.3) is 5.91 Å². The zero-order chi connectivity index (χ0) is 19.2. The van der Waals surface area contributed by atoms with Gasteiger partial charge in [-0.25, -0.2) is 0 Å². The summed E-state index contributed by atoms with van der Waals surface area (Å²) in [6, 6.07) is 8.40. The molecule has 0 aromatic heterocycles. The van der Waals surface area contributed by atoms with Crippen LogP contribution >= 0.6 is 12.4 Å². The molecule has 0 atom stereocenters. The van der Waals surface area contributed by atoms with Crippen molar-refractivity contribution in [2.24, 2.45) is 0 Å². The molecule has 0 aliphatic carbocycles. The van der Waals surface area contributed by atoms with E-state index in [1.165, 1.54) is 0 Å². The zero-order valence-corrected chi connectivity index (χ0v) is 16.8. The van der Waals surface area contributed by atoms with Gasteiger partial charge in [-0.15, -0.1) is 12.4 Å². The van der Waals surface area contributed by atoms with Crippen LogP contribution in [0.3, 0.4) is 0 Å². The lowest BCUT2D eigenvalue weighted by Crippen LogP contribution is -2.13. The number of anilines is 2. The van der Waals surface area contributed by atoms with Crippen molar-refractivity contribution in [1.29, 1.82) is 0 Å². The molecule has 0 radical (unpaired) electrons. The number of carbonyl (C=O) groups is 1. The Kier molecular flexibility index (Phi) is 7.63. The van der Waals surface area contributed by atoms with Crippen LogP contribution in [-0.4, -0.2) is 25.9 Å². The van der Waals surface area contributed by atoms with Crippen LogP contribution in [0.4, 0.5) is 11.4 Å². The first-order valence-electron chi connectivity index (χ1n) is 9.02. The molecule has 2 aromatic rings. The minimum Gasteiger partial charge on any atom is -0.490 e. The summed E-state index contributed by atoms with van der Waals surface area (Å²) >= 11 is 0. The summed E-state index contributed by atoms with van der Waals surface area (Å²) in [5.74, 6) is 1.98. The van der Waals surface area contributed by atoms with Gasteiger partial charge in [-0.1, -0.05) is 13.3 Å². The Bertz CT molecular complexity index is 828. The summed E-state index contributed by atoms with van der Waals surface area (Å²) in [5, 5.41) is 2.80. The molecule has 1 amide bonds. The standard InChI is InChI=1S/C20H24N2O5.ClH/c1-3-5-8-25-16-7-6-13(9-17(16)24-4-2)20(23)22-15-11-19-18(10-14(15)21)26-12-27-19;/h6-7,9-11H,3-5,8,12,21H2,1-2H3,(H,22,23);1H. The van der Waals surface area contributed by atoms with Gasteiger partial charge in [0.1, 0.15) is 0 Å². The lowest BCUT2D eigenvalue weighted by molar-refractivity contribution is 0.102. The van der Waals surface area contributed by atoms with E-state index in [-0.39, 0.29) is 25.1 Å². The number of benzene rings is 2. The fourth-order valence-corrected chi connectivity index (χ4v) is 2.62. The SMILES string of the molecule is CCCCOc1ccc(C(=O)Nc2cc3c(cc2N)OCO3)cc1OCC.Cl. The maximum Gasteiger partial charge on any atom is 0.255 e. The molecule has 3 rings (SSSR count). The number of carbonyl (C=O) groups excluding carboxylic acids is 1. The average Bonchev–Trinajstić information content (AvgIpc) is 3.10. The molecule has 152 valence electrons. The van der Waals surface area contributed by atoms with Crippen molar-refractivity contribution in [3.63, 3.8) is 0 Å². The fraction of sp³-hybridized carbons (Fsp3) is 0.350. The Morgan fingerprint density at radius 3 is 2.57 bits per heavy atom. The normalized spacial score (nSPS) is 11.5. The second-order valence-corrected chi connectivity index (χ2v) is 6.04. The van der Waals surface area contributed by atoms with Crippen LogP contribution in [0.2, 0.25) is 0 Å². The Morgan fingerprint density at radius 1 is 1.11 bits per heavy atom. The van der Waals surface area contributed by atoms with Crippen molar-refractivity contribution in [3.8, 4) is 23.0 Å². The molecule has 0 bridgehead atoms. The van der Waals surface area contributed by atoms with E-state index in [4.69, 9.17) is 24.7 Å². The molecule has 3 N–H and O–H groups in total. The monoisotopic (exact) mass is 408 g/mol. The lowest BCUT2D eigenvalue weighted by atomic mass is 10.1. The van der Waals surface area contributed by atoms with E-state index in [0.29, 0.717) is 53.2 Å². The third-order valence-electron chi connectivity index (χ3n) is 4.05. The van der Waals surface area contributed by atoms with E-state index >= 15 is 0 Å². The van der Waals surface area contributed by atoms with Crippen molar-refractivity contribution in [1.82, 2.24) is 0 Å². The molecule has 0 saturated heterocycles. The van der Waals surface area contributed by atoms with Crippen molar-refractivity contribution in [3.05, 3.63) is 35.9 Å². The van der Waals surface area contributed by atoms with Crippen LogP contribution in [0, 0.1) is 0 Å². The van der Waals surface area contributed by atoms with Crippen LogP contribution < -0.4 is 30.0 Å². The minimum atomic E-state index is -0.304. The molecule has 0 fully saturated rings. The number of hydrogen-bond acceptors (Lipinski definition) is 6. The maximum atomic E-state index is 12.7. The summed E-state index contributed by atoms with van der Waals surface area (Å²) in [5.41, 5.74) is 7.30. The van der Waals surface area contributed by atoms with Crippen LogP contribution in [0.15, 0.2) is 30.3 Å². The van der Waals surface area contributed by atoms with Crippen molar-refractivity contribution >= 4 is 29.7 Å². The largest absolute Gasteiger partial charge is 0.490 e. The third-order valence-corrected chi connectivity index (χ3v) is 4.05. The molecule has 1 heterocycles. The van der Waals surface area contributed by atoms with Gasteiger partial charge in [-0.05, 0) is 31.5 Å². The summed E-state index contributed by atoms with van der Waals surface area (Å²) in [4.78, 5) is 12.7. The number of ether oxygens (including phenoxy) is 4. The van der Waals surface area contributed by atoms with Gasteiger partial charge >= 0.3 is 0 Å². The minimum absolute atomic E-state index is 0. The lowest BCUT2D eigenvalue weighted by Gasteiger charge is -2.14. The first kappa shape index (κ1) is 21.5. The van der Waals surface area contributed by atoms with E-state index in [9.17, 15) is 4.79 Å². The maximum absolute atomic E-state index is 12.7. The zero-order valence-electron chi connectivity index (χ0n) is 15.9. The highest BCUT2D eigenvalue weighted by molar-refractivity contribution is 6.06. The highest BCUT2D eigenvalue weighted by atomic mass is 35.5. The second-order valence-electron chi connectivity index (χ2n) is 6.04. The number of hydrogen-bond donors (Lipinski definition) is 2. The molecule has 0 saturated carbocycles. The number of nitrogen functional groups attached to an aromatic ring is 1. The van der Waals surface area contributed by atoms with E-state index in [1.54, 1.807) is 30.3 Å². The summed E-state index contributed by atoms with van der Waals surface area (Å²) in [6.07, 6.45) is 2.00. The van der Waals surface area contributed by atoms with E-state index in [0.717, 1.165) is 12.8 Å². The van der Waals surface area contributed by atoms with Crippen molar-refractivity contribution in [2.75, 3.05) is 31.1 Å². The van der Waals surface area contributed by atoms with Gasteiger partial charge in [-0.2, -0.15) is 0 Å². The molecule has 1 aliphatic heterocycles. The fourth-order valence-electron chi connectivity index (χ4n) is 2.62. The Morgan fingerprint density at radius 2 is 1.86 bits per heavy atom. The molecular formula is C20H25ClN2O5. The number of unbranched alkanes of at least 4 members (excludes halogenated alkanes) is 1. The first-order chi connectivity index (χ1) is 13.1. The van der Waals surface area contributed by atoms with Crippen molar-refractivity contribution < 1.29 is 23.7 Å². The van der Waals surface area contributed by atoms with Crippen LogP contribution in [0.1, 0.15) is 37.0 Å². The Hall–Kier alpha value is -2.80. The molecule has 0 unspecified atom stereocenters. The van der Waals surface area contributed by atoms with Crippen LogP contribution in [0.5, 0.6) is 23.0 Å². The summed E-state index contributed by atoms with van der Waals surface area (Å²) in [7, 11) is 0. The van der Waals surface area contributed by atoms with Gasteiger partial charge in [0.15, 0.2) is 23.0 Å². The predicted octanol–water partition coefficient (Wildman–Crippen LogP) is 4.25. The Labute approximate surface area is 170 Å². The number of nitrogens with one attached hydrogen (secondary N) is 1. The van der Waals surface area contributed by atoms with E-state index in [2.05, 4.69) is 12.2 Å². The van der Waals surface area contributed by atoms with Crippen LogP contribution in [-0.2, 0) is 0 Å². The van der Waals surface area contributed by atoms with Gasteiger partial charge < -0.3 is 30.0 Å². The Balaban J connectivity index is 0.00000280. The average molecular weight is 409 g/mol. The molecule has 0 spiro atoms. The number of rotatable bonds is 8. The predicted molar refractivity (Wildman–Crippen MR) is 110 cm³/mol. The quantitative estimate of drug-likeness (QED) is 0.501. The molecule has 7 nitrogen and oxygen atoms in total. The van der Waals surface area contributed by atoms with Crippen LogP contribution in [0.25, 0.3) is 0 Å². The smallest absolute Gasteiger partial charge is 0.255 e. The number of fused-ring (bicyclic) bond motifs is 1. The molecule has 8 heteroatoms. The van der Waals surface area contributed by atoms with Gasteiger partial charge in [0.05, 0.1) is 24.6 Å². The number of halogens is 1. The molecule has 2 aromatic carbocycles. The molecule has 28 heavy (non-hydrogen) atoms. The summed E-state index contributed by atoms with van der Waals surface area (Å²) < 4.78 is 22.0.